The topological polar surface area (TPSA) is 181 Å². The van der Waals surface area contributed by atoms with E-state index in [0.29, 0.717) is 36.3 Å². The number of rotatable bonds is 10. The van der Waals surface area contributed by atoms with Gasteiger partial charge in [0, 0.05) is 55.0 Å². The molecule has 0 saturated carbocycles. The average Bonchev–Trinajstić information content (AvgIpc) is 3.84. The number of nitrogens with zero attached hydrogens (tertiary/aromatic N) is 6. The highest BCUT2D eigenvalue weighted by Gasteiger charge is 2.49. The maximum absolute atomic E-state index is 17.4. The van der Waals surface area contributed by atoms with Crippen LogP contribution in [0.2, 0.25) is 0 Å². The Bertz CT molecular complexity index is 2750. The van der Waals surface area contributed by atoms with Gasteiger partial charge in [-0.3, -0.25) is 9.69 Å². The Morgan fingerprint density at radius 3 is 2.69 bits per heavy atom. The summed E-state index contributed by atoms with van der Waals surface area (Å²) in [5.74, 6) is -4.38. The number of alkyl halides is 4. The maximum atomic E-state index is 17.4. The third kappa shape index (κ3) is 6.99. The standard InChI is InChI=1S/C40H35F6N9O3S/c1-54-16-19(6-10-26(54)56)5-9-25(21-4-2-12-50-35(21)48)51-37-29-32(52-38(53-37)58-18-39-11-3-13-55(39)17-20(41)14-39)31(43)28(30(33(29)57)40(44,45)46)22-7-8-24(42)34-27(22)23(15-47)36(49)59-34/h2,4,6-8,10,12,16,20,25,57H,3,5,9,11,13-14,17-18,49H2,1H3,(H2,48,50)(H,51,52,53)/t20-,25-,39+/m1/s1. The number of ether oxygens (including phenoxy) is 1. The van der Waals surface area contributed by atoms with Crippen LogP contribution >= 0.6 is 11.3 Å². The summed E-state index contributed by atoms with van der Waals surface area (Å²) in [6, 6.07) is 8.29. The number of nitrogens with one attached hydrogen (secondary N) is 1. The van der Waals surface area contributed by atoms with Gasteiger partial charge in [-0.2, -0.15) is 28.4 Å². The van der Waals surface area contributed by atoms with Crippen molar-refractivity contribution in [3.8, 4) is 29.0 Å². The number of aromatic hydroxyl groups is 1. The first-order chi connectivity index (χ1) is 28.1. The molecule has 19 heteroatoms. The lowest BCUT2D eigenvalue weighted by atomic mass is 9.91. The highest BCUT2D eigenvalue weighted by molar-refractivity contribution is 7.23. The van der Waals surface area contributed by atoms with Crippen LogP contribution in [0.25, 0.3) is 32.1 Å². The van der Waals surface area contributed by atoms with Crippen LogP contribution in [0.3, 0.4) is 0 Å². The Morgan fingerprint density at radius 2 is 1.97 bits per heavy atom. The number of hydrogen-bond donors (Lipinski definition) is 4. The van der Waals surface area contributed by atoms with E-state index in [-0.39, 0.29) is 58.0 Å². The molecule has 3 atom stereocenters. The van der Waals surface area contributed by atoms with Crippen LogP contribution in [0.1, 0.15) is 54.0 Å². The molecule has 0 unspecified atom stereocenters. The predicted molar refractivity (Wildman–Crippen MR) is 210 cm³/mol. The van der Waals surface area contributed by atoms with E-state index in [0.717, 1.165) is 24.1 Å². The molecule has 6 aromatic rings. The van der Waals surface area contributed by atoms with Crippen LogP contribution in [0, 0.1) is 23.0 Å². The highest BCUT2D eigenvalue weighted by atomic mass is 32.1. The molecule has 0 spiro atoms. The fraction of sp³-hybridized carbons (Fsp3) is 0.325. The third-order valence-electron chi connectivity index (χ3n) is 11.2. The first-order valence-corrected chi connectivity index (χ1v) is 19.3. The Hall–Kier alpha value is -6.13. The molecule has 306 valence electrons. The molecule has 2 fully saturated rings. The molecule has 0 amide bonds. The van der Waals surface area contributed by atoms with E-state index in [4.69, 9.17) is 16.2 Å². The van der Waals surface area contributed by atoms with Crippen LogP contribution in [-0.4, -0.2) is 60.9 Å². The molecule has 2 aliphatic rings. The minimum absolute atomic E-state index is 0.0556. The molecule has 8 rings (SSSR count). The van der Waals surface area contributed by atoms with Crippen molar-refractivity contribution in [2.45, 2.75) is 56.0 Å². The van der Waals surface area contributed by atoms with Crippen molar-refractivity contribution in [3.63, 3.8) is 0 Å². The van der Waals surface area contributed by atoms with Crippen molar-refractivity contribution in [2.75, 3.05) is 36.5 Å². The van der Waals surface area contributed by atoms with Crippen LogP contribution < -0.4 is 27.1 Å². The van der Waals surface area contributed by atoms with Crippen molar-refractivity contribution >= 4 is 49.0 Å². The Kier molecular flexibility index (Phi) is 10.0. The Labute approximate surface area is 335 Å². The number of pyridine rings is 2. The number of halogens is 6. The number of phenolic OH excluding ortho intramolecular Hbond substituents is 1. The van der Waals surface area contributed by atoms with Crippen LogP contribution in [-0.2, 0) is 19.6 Å². The average molecular weight is 836 g/mol. The van der Waals surface area contributed by atoms with Gasteiger partial charge >= 0.3 is 12.2 Å². The number of thiophene rings is 1. The van der Waals surface area contributed by atoms with Gasteiger partial charge in [0.2, 0.25) is 5.56 Å². The van der Waals surface area contributed by atoms with E-state index >= 15 is 22.0 Å². The summed E-state index contributed by atoms with van der Waals surface area (Å²) in [6.45, 7) is 0.674. The molecule has 6 heterocycles. The molecule has 2 aromatic carbocycles. The molecule has 4 aromatic heterocycles. The van der Waals surface area contributed by atoms with E-state index in [2.05, 4.69) is 20.3 Å². The Balaban J connectivity index is 1.35. The quantitative estimate of drug-likeness (QED) is 0.101. The molecule has 12 nitrogen and oxygen atoms in total. The lowest BCUT2D eigenvalue weighted by Gasteiger charge is -2.31. The van der Waals surface area contributed by atoms with Gasteiger partial charge in [0.15, 0.2) is 5.82 Å². The Morgan fingerprint density at radius 1 is 1.17 bits per heavy atom. The zero-order valence-electron chi connectivity index (χ0n) is 31.2. The lowest BCUT2D eigenvalue weighted by Crippen LogP contribution is -2.43. The number of nitrogens with two attached hydrogens (primary N) is 2. The number of fused-ring (bicyclic) bond motifs is 3. The normalized spacial score (nSPS) is 18.6. The summed E-state index contributed by atoms with van der Waals surface area (Å²) in [7, 11) is 1.58. The van der Waals surface area contributed by atoms with Gasteiger partial charge in [0.05, 0.1) is 27.2 Å². The van der Waals surface area contributed by atoms with Gasteiger partial charge in [0.25, 0.3) is 0 Å². The van der Waals surface area contributed by atoms with Gasteiger partial charge in [-0.15, -0.1) is 11.3 Å². The molecular weight excluding hydrogens is 801 g/mol. The molecule has 0 bridgehead atoms. The van der Waals surface area contributed by atoms with Crippen molar-refractivity contribution in [1.82, 2.24) is 24.4 Å². The van der Waals surface area contributed by atoms with E-state index < -0.39 is 80.7 Å². The zero-order chi connectivity index (χ0) is 42.0. The summed E-state index contributed by atoms with van der Waals surface area (Å²) in [6.07, 6.45) is -1.54. The van der Waals surface area contributed by atoms with Gasteiger partial charge in [0.1, 0.15) is 58.1 Å². The molecule has 6 N–H and O–H groups in total. The minimum Gasteiger partial charge on any atom is -0.506 e. The smallest absolute Gasteiger partial charge is 0.420 e. The lowest BCUT2D eigenvalue weighted by molar-refractivity contribution is -0.138. The van der Waals surface area contributed by atoms with E-state index in [1.165, 1.54) is 16.8 Å². The molecule has 2 aliphatic heterocycles. The second-order valence-corrected chi connectivity index (χ2v) is 15.9. The van der Waals surface area contributed by atoms with Crippen molar-refractivity contribution in [2.24, 2.45) is 7.05 Å². The van der Waals surface area contributed by atoms with E-state index in [9.17, 15) is 19.6 Å². The third-order valence-corrected chi connectivity index (χ3v) is 12.2. The van der Waals surface area contributed by atoms with Crippen LogP contribution in [0.4, 0.5) is 43.0 Å². The molecule has 59 heavy (non-hydrogen) atoms. The summed E-state index contributed by atoms with van der Waals surface area (Å²) in [5.41, 5.74) is 7.61. The maximum Gasteiger partial charge on any atom is 0.420 e. The number of phenols is 1. The molecule has 0 aliphatic carbocycles. The zero-order valence-corrected chi connectivity index (χ0v) is 32.0. The van der Waals surface area contributed by atoms with Gasteiger partial charge in [-0.25, -0.2) is 18.2 Å². The summed E-state index contributed by atoms with van der Waals surface area (Å²) in [4.78, 5) is 26.9. The summed E-state index contributed by atoms with van der Waals surface area (Å²) >= 11 is 0.602. The number of anilines is 3. The van der Waals surface area contributed by atoms with E-state index in [1.807, 2.05) is 4.90 Å². The predicted octanol–water partition coefficient (Wildman–Crippen LogP) is 7.39. The van der Waals surface area contributed by atoms with Gasteiger partial charge in [-0.05, 0) is 55.5 Å². The minimum atomic E-state index is -5.44. The van der Waals surface area contributed by atoms with Gasteiger partial charge in [-0.1, -0.05) is 18.2 Å². The number of hydrogen-bond acceptors (Lipinski definition) is 12. The molecular formula is C40H35F6N9O3S. The van der Waals surface area contributed by atoms with Crippen LogP contribution in [0.5, 0.6) is 11.8 Å². The van der Waals surface area contributed by atoms with E-state index in [1.54, 1.807) is 37.5 Å². The van der Waals surface area contributed by atoms with Gasteiger partial charge < -0.3 is 31.2 Å². The largest absolute Gasteiger partial charge is 0.506 e. The van der Waals surface area contributed by atoms with Crippen LogP contribution in [0.15, 0.2) is 53.6 Å². The first kappa shape index (κ1) is 39.7. The number of benzene rings is 2. The SMILES string of the molecule is Cn1cc(CC[C@@H](Nc2nc(OC[C@@]34CCCN3C[C@H](F)C4)nc3c(F)c(-c4ccc(F)c5sc(N)c(C#N)c45)c(C(F)(F)F)c(O)c23)c2cccnc2N)ccc1=O. The number of aromatic nitrogens is 4. The van der Waals surface area contributed by atoms with Crippen molar-refractivity contribution < 1.29 is 36.2 Å². The highest BCUT2D eigenvalue weighted by Crippen LogP contribution is 2.52. The molecule has 0 radical (unpaired) electrons. The fourth-order valence-electron chi connectivity index (χ4n) is 8.45. The summed E-state index contributed by atoms with van der Waals surface area (Å²) in [5, 5.41) is 23.4. The second kappa shape index (κ2) is 14.9. The first-order valence-electron chi connectivity index (χ1n) is 18.5. The number of nitrogen functional groups attached to an aromatic ring is 2. The van der Waals surface area contributed by atoms with Crippen molar-refractivity contribution in [3.05, 3.63) is 93.0 Å². The molecule has 2 saturated heterocycles. The number of aryl methyl sites for hydroxylation is 2. The fourth-order valence-corrected chi connectivity index (χ4v) is 9.40. The summed E-state index contributed by atoms with van der Waals surface area (Å²) < 4.78 is 100. The second-order valence-electron chi connectivity index (χ2n) is 14.8. The monoisotopic (exact) mass is 835 g/mol. The number of nitriles is 1. The van der Waals surface area contributed by atoms with Crippen molar-refractivity contribution in [1.29, 1.82) is 5.26 Å².